The van der Waals surface area contributed by atoms with Gasteiger partial charge in [0.25, 0.3) is 5.91 Å². The van der Waals surface area contributed by atoms with E-state index in [-0.39, 0.29) is 11.3 Å². The molecule has 26 heavy (non-hydrogen) atoms. The quantitative estimate of drug-likeness (QED) is 0.457. The minimum atomic E-state index is -0.504. The van der Waals surface area contributed by atoms with Crippen molar-refractivity contribution in [1.29, 1.82) is 0 Å². The summed E-state index contributed by atoms with van der Waals surface area (Å²) in [6.07, 6.45) is 1.59. The van der Waals surface area contributed by atoms with Crippen LogP contribution in [0.15, 0.2) is 38.3 Å². The van der Waals surface area contributed by atoms with Gasteiger partial charge in [0.2, 0.25) is 0 Å². The third-order valence-corrected chi connectivity index (χ3v) is 4.95. The number of hydrazone groups is 1. The van der Waals surface area contributed by atoms with E-state index in [1.165, 1.54) is 6.07 Å². The molecule has 0 aliphatic rings. The third-order valence-electron chi connectivity index (χ3n) is 3.88. The zero-order chi connectivity index (χ0) is 19.4. The van der Waals surface area contributed by atoms with Crippen molar-refractivity contribution < 1.29 is 14.6 Å². The van der Waals surface area contributed by atoms with E-state index < -0.39 is 5.91 Å². The van der Waals surface area contributed by atoms with Gasteiger partial charge < -0.3 is 9.84 Å². The third kappa shape index (κ3) is 4.65. The van der Waals surface area contributed by atoms with Gasteiger partial charge in [0.1, 0.15) is 11.5 Å². The van der Waals surface area contributed by atoms with Crippen LogP contribution in [0.4, 0.5) is 0 Å². The Morgan fingerprint density at radius 1 is 1.27 bits per heavy atom. The average Bonchev–Trinajstić information content (AvgIpc) is 2.58. The second-order valence-electron chi connectivity index (χ2n) is 6.09. The summed E-state index contributed by atoms with van der Waals surface area (Å²) in [5, 5.41) is 14.0. The van der Waals surface area contributed by atoms with Crippen molar-refractivity contribution in [1.82, 2.24) is 5.43 Å². The molecule has 0 aliphatic carbocycles. The van der Waals surface area contributed by atoms with E-state index in [1.807, 2.05) is 19.1 Å². The van der Waals surface area contributed by atoms with E-state index in [0.717, 1.165) is 22.4 Å². The van der Waals surface area contributed by atoms with E-state index >= 15 is 0 Å². The molecule has 0 saturated carbocycles. The maximum Gasteiger partial charge on any atom is 0.275 e. The van der Waals surface area contributed by atoms with Gasteiger partial charge in [-0.25, -0.2) is 5.43 Å². The summed E-state index contributed by atoms with van der Waals surface area (Å²) in [7, 11) is 1.65. The number of phenolic OH excluding ortho intramolecular Hbond substituents is 1. The van der Waals surface area contributed by atoms with Gasteiger partial charge in [0, 0.05) is 4.47 Å². The molecule has 0 fully saturated rings. The van der Waals surface area contributed by atoms with E-state index in [9.17, 15) is 9.90 Å². The van der Waals surface area contributed by atoms with Crippen LogP contribution in [0, 0.1) is 6.92 Å². The first-order chi connectivity index (χ1) is 12.2. The molecular weight excluding hydrogens is 464 g/mol. The van der Waals surface area contributed by atoms with Crippen LogP contribution in [0.25, 0.3) is 0 Å². The Hall–Kier alpha value is -1.86. The van der Waals surface area contributed by atoms with Crippen LogP contribution in [-0.4, -0.2) is 24.3 Å². The highest BCUT2D eigenvalue weighted by Gasteiger charge is 2.15. The van der Waals surface area contributed by atoms with Crippen molar-refractivity contribution in [2.24, 2.45) is 5.10 Å². The zero-order valence-electron chi connectivity index (χ0n) is 14.9. The van der Waals surface area contributed by atoms with E-state index in [1.54, 1.807) is 19.4 Å². The molecule has 2 N–H and O–H groups in total. The second kappa shape index (κ2) is 8.68. The predicted molar refractivity (Wildman–Crippen MR) is 110 cm³/mol. The fourth-order valence-corrected chi connectivity index (χ4v) is 3.67. The maximum atomic E-state index is 12.3. The SMILES string of the molecule is COc1cc(C)c(/C=N\NC(=O)c2cc(Br)cc(Br)c2O)cc1C(C)C. The van der Waals surface area contributed by atoms with Crippen LogP contribution in [0.5, 0.6) is 11.5 Å². The van der Waals surface area contributed by atoms with Gasteiger partial charge in [-0.1, -0.05) is 29.8 Å². The molecule has 2 rings (SSSR count). The first-order valence-electron chi connectivity index (χ1n) is 7.94. The van der Waals surface area contributed by atoms with Crippen molar-refractivity contribution in [3.63, 3.8) is 0 Å². The fraction of sp³-hybridized carbons (Fsp3) is 0.263. The average molecular weight is 484 g/mol. The number of hydrogen-bond acceptors (Lipinski definition) is 4. The molecule has 0 bridgehead atoms. The standard InChI is InChI=1S/C19H20Br2N2O3/c1-10(2)14-6-12(11(3)5-17(14)26-4)9-22-23-19(25)15-7-13(20)8-16(21)18(15)24/h5-10,24H,1-4H3,(H,23,25)/b22-9-. The predicted octanol–water partition coefficient (Wildman–Crippen LogP) is 5.12. The molecular formula is C19H20Br2N2O3. The van der Waals surface area contributed by atoms with Crippen LogP contribution in [0.2, 0.25) is 0 Å². The molecule has 0 spiro atoms. The summed E-state index contributed by atoms with van der Waals surface area (Å²) in [5.74, 6) is 0.491. The summed E-state index contributed by atoms with van der Waals surface area (Å²) >= 11 is 6.50. The topological polar surface area (TPSA) is 70.9 Å². The monoisotopic (exact) mass is 482 g/mol. The van der Waals surface area contributed by atoms with Crippen LogP contribution >= 0.6 is 31.9 Å². The Kier molecular flexibility index (Phi) is 6.83. The molecule has 2 aromatic carbocycles. The van der Waals surface area contributed by atoms with Crippen molar-refractivity contribution in [3.05, 3.63) is 55.5 Å². The van der Waals surface area contributed by atoms with Gasteiger partial charge in [0.15, 0.2) is 0 Å². The molecule has 0 aliphatic heterocycles. The van der Waals surface area contributed by atoms with Gasteiger partial charge >= 0.3 is 0 Å². The number of carbonyl (C=O) groups is 1. The number of nitrogens with one attached hydrogen (secondary N) is 1. The number of aryl methyl sites for hydroxylation is 1. The Labute approximate surface area is 169 Å². The number of halogens is 2. The number of hydrogen-bond donors (Lipinski definition) is 2. The van der Waals surface area contributed by atoms with Crippen molar-refractivity contribution in [2.45, 2.75) is 26.7 Å². The van der Waals surface area contributed by atoms with Gasteiger partial charge in [0.05, 0.1) is 23.4 Å². The lowest BCUT2D eigenvalue weighted by atomic mass is 9.97. The minimum absolute atomic E-state index is 0.123. The number of nitrogens with zero attached hydrogens (tertiary/aromatic N) is 1. The molecule has 138 valence electrons. The zero-order valence-corrected chi connectivity index (χ0v) is 18.1. The van der Waals surface area contributed by atoms with Gasteiger partial charge in [-0.2, -0.15) is 5.10 Å². The summed E-state index contributed by atoms with van der Waals surface area (Å²) < 4.78 is 6.52. The highest BCUT2D eigenvalue weighted by atomic mass is 79.9. The maximum absolute atomic E-state index is 12.3. The molecule has 2 aromatic rings. The highest BCUT2D eigenvalue weighted by Crippen LogP contribution is 2.32. The number of benzene rings is 2. The molecule has 0 unspecified atom stereocenters. The van der Waals surface area contributed by atoms with Crippen LogP contribution in [-0.2, 0) is 0 Å². The molecule has 0 radical (unpaired) electrons. The number of phenols is 1. The molecule has 1 amide bonds. The fourth-order valence-electron chi connectivity index (χ4n) is 2.44. The largest absolute Gasteiger partial charge is 0.506 e. The molecule has 5 nitrogen and oxygen atoms in total. The summed E-state index contributed by atoms with van der Waals surface area (Å²) in [5.41, 5.74) is 5.50. The van der Waals surface area contributed by atoms with E-state index in [4.69, 9.17) is 4.74 Å². The number of carbonyl (C=O) groups excluding carboxylic acids is 1. The van der Waals surface area contributed by atoms with Gasteiger partial charge in [-0.3, -0.25) is 4.79 Å². The first-order valence-corrected chi connectivity index (χ1v) is 9.53. The number of ether oxygens (including phenoxy) is 1. The summed E-state index contributed by atoms with van der Waals surface area (Å²) in [6, 6.07) is 7.14. The molecule has 0 atom stereocenters. The van der Waals surface area contributed by atoms with E-state index in [2.05, 4.69) is 56.2 Å². The molecule has 0 heterocycles. The number of rotatable bonds is 5. The summed E-state index contributed by atoms with van der Waals surface area (Å²) in [6.45, 7) is 6.13. The Morgan fingerprint density at radius 2 is 1.96 bits per heavy atom. The lowest BCUT2D eigenvalue weighted by molar-refractivity contribution is 0.0952. The van der Waals surface area contributed by atoms with Gasteiger partial charge in [-0.15, -0.1) is 0 Å². The van der Waals surface area contributed by atoms with Crippen molar-refractivity contribution in [3.8, 4) is 11.5 Å². The summed E-state index contributed by atoms with van der Waals surface area (Å²) in [4.78, 5) is 12.3. The lowest BCUT2D eigenvalue weighted by Gasteiger charge is -2.14. The smallest absolute Gasteiger partial charge is 0.275 e. The van der Waals surface area contributed by atoms with E-state index in [0.29, 0.717) is 14.9 Å². The number of methoxy groups -OCH3 is 1. The normalized spacial score (nSPS) is 11.2. The first kappa shape index (κ1) is 20.5. The Balaban J connectivity index is 2.23. The Bertz CT molecular complexity index is 864. The van der Waals surface area contributed by atoms with Crippen LogP contribution in [0.1, 0.15) is 46.8 Å². The van der Waals surface area contributed by atoms with Gasteiger partial charge in [-0.05, 0) is 69.7 Å². The number of aromatic hydroxyl groups is 1. The van der Waals surface area contributed by atoms with Crippen molar-refractivity contribution >= 4 is 44.0 Å². The molecule has 0 saturated heterocycles. The Morgan fingerprint density at radius 3 is 2.58 bits per heavy atom. The van der Waals surface area contributed by atoms with Crippen molar-refractivity contribution in [2.75, 3.05) is 7.11 Å². The number of amides is 1. The molecule has 0 aromatic heterocycles. The molecule has 7 heteroatoms. The highest BCUT2D eigenvalue weighted by molar-refractivity contribution is 9.11. The van der Waals surface area contributed by atoms with Crippen LogP contribution in [0.3, 0.4) is 0 Å². The minimum Gasteiger partial charge on any atom is -0.506 e. The van der Waals surface area contributed by atoms with Crippen LogP contribution < -0.4 is 10.2 Å². The lowest BCUT2D eigenvalue weighted by Crippen LogP contribution is -2.18. The second-order valence-corrected chi connectivity index (χ2v) is 7.86.